The Labute approximate surface area is 476 Å². The van der Waals surface area contributed by atoms with E-state index < -0.39 is 0 Å². The predicted octanol–water partition coefficient (Wildman–Crippen LogP) is 23.2. The molecule has 8 rings (SSSR count). The van der Waals surface area contributed by atoms with Gasteiger partial charge in [-0.1, -0.05) is 210 Å². The van der Waals surface area contributed by atoms with E-state index in [2.05, 4.69) is 118 Å². The largest absolute Gasteiger partial charge is 0.244 e. The molecule has 410 valence electrons. The van der Waals surface area contributed by atoms with Gasteiger partial charge < -0.3 is 0 Å². The number of nitrogens with zero attached hydrogens (tertiary/aromatic N) is 4. The molecule has 0 saturated heterocycles. The highest BCUT2D eigenvalue weighted by atomic mass is 32.2. The Morgan fingerprint density at radius 1 is 0.316 bits per heavy atom. The molecule has 0 spiro atoms. The summed E-state index contributed by atoms with van der Waals surface area (Å²) in [6.07, 6.45) is 31.6. The second kappa shape index (κ2) is 28.4. The number of unbranched alkanes of at least 4 members (excludes halogenated alkanes) is 20. The third-order valence-electron chi connectivity index (χ3n) is 15.8. The van der Waals surface area contributed by atoms with Crippen molar-refractivity contribution in [3.63, 3.8) is 0 Å². The maximum atomic E-state index is 5.84. The van der Waals surface area contributed by atoms with E-state index in [1.165, 1.54) is 212 Å². The fourth-order valence-electron chi connectivity index (χ4n) is 11.2. The van der Waals surface area contributed by atoms with Crippen LogP contribution in [-0.2, 0) is 10.8 Å². The van der Waals surface area contributed by atoms with Gasteiger partial charge in [0.1, 0.15) is 0 Å². The zero-order chi connectivity index (χ0) is 53.7. The Morgan fingerprint density at radius 3 is 0.974 bits per heavy atom. The molecule has 0 saturated carbocycles. The number of fused-ring (bicyclic) bond motifs is 8. The fourth-order valence-corrected chi connectivity index (χ4v) is 15.8. The van der Waals surface area contributed by atoms with Gasteiger partial charge in [0, 0.05) is 51.9 Å². The molecule has 0 atom stereocenters. The number of hydrogen-bond acceptors (Lipinski definition) is 8. The summed E-state index contributed by atoms with van der Waals surface area (Å²) in [7, 11) is 0. The maximum absolute atomic E-state index is 5.84. The van der Waals surface area contributed by atoms with Crippen LogP contribution in [0.25, 0.3) is 76.5 Å². The maximum Gasteiger partial charge on any atom is 0.0982 e. The first-order valence-electron chi connectivity index (χ1n) is 30.5. The summed E-state index contributed by atoms with van der Waals surface area (Å²) in [5.74, 6) is 4.56. The highest BCUT2D eigenvalue weighted by molar-refractivity contribution is 8.02. The third-order valence-corrected chi connectivity index (χ3v) is 20.6. The van der Waals surface area contributed by atoms with Crippen LogP contribution in [-0.4, -0.2) is 42.9 Å². The van der Waals surface area contributed by atoms with Crippen molar-refractivity contribution in [2.24, 2.45) is 0 Å². The third kappa shape index (κ3) is 14.7. The van der Waals surface area contributed by atoms with Gasteiger partial charge in [0.25, 0.3) is 0 Å². The van der Waals surface area contributed by atoms with Crippen LogP contribution in [0.15, 0.2) is 68.1 Å². The van der Waals surface area contributed by atoms with Crippen LogP contribution in [0.4, 0.5) is 0 Å². The topological polar surface area (TPSA) is 51.6 Å². The molecule has 0 aliphatic carbocycles. The van der Waals surface area contributed by atoms with Crippen LogP contribution in [0, 0.1) is 0 Å². The number of benzene rings is 6. The molecular formula is C68H94N4S4. The average molecular weight is 1100 g/mol. The summed E-state index contributed by atoms with van der Waals surface area (Å²) in [4.78, 5) is 28.7. The van der Waals surface area contributed by atoms with Crippen molar-refractivity contribution in [3.8, 4) is 0 Å². The van der Waals surface area contributed by atoms with Crippen molar-refractivity contribution in [1.29, 1.82) is 0 Å². The van der Waals surface area contributed by atoms with Gasteiger partial charge in [-0.2, -0.15) is 0 Å². The lowest BCUT2D eigenvalue weighted by Crippen LogP contribution is -2.13. The molecule has 0 amide bonds. The number of aromatic nitrogens is 4. The quantitative estimate of drug-likeness (QED) is 0.0179. The minimum absolute atomic E-state index is 0.112. The molecule has 0 aliphatic heterocycles. The number of thioether (sulfide) groups is 4. The lowest BCUT2D eigenvalue weighted by Gasteiger charge is -2.26. The van der Waals surface area contributed by atoms with Crippen molar-refractivity contribution >= 4 is 123 Å². The minimum Gasteiger partial charge on any atom is -0.244 e. The van der Waals surface area contributed by atoms with E-state index >= 15 is 0 Å². The van der Waals surface area contributed by atoms with Crippen LogP contribution >= 0.6 is 47.0 Å². The molecule has 0 bridgehead atoms. The van der Waals surface area contributed by atoms with Crippen molar-refractivity contribution in [2.45, 2.75) is 254 Å². The van der Waals surface area contributed by atoms with E-state index in [1.807, 2.05) is 47.0 Å². The first-order valence-corrected chi connectivity index (χ1v) is 34.4. The molecule has 8 heteroatoms. The van der Waals surface area contributed by atoms with E-state index in [-0.39, 0.29) is 10.8 Å². The summed E-state index contributed by atoms with van der Waals surface area (Å²) in [5, 5.41) is 7.25. The normalized spacial score (nSPS) is 12.7. The van der Waals surface area contributed by atoms with Gasteiger partial charge in [0.05, 0.1) is 44.1 Å². The van der Waals surface area contributed by atoms with E-state index in [4.69, 9.17) is 19.9 Å². The number of rotatable bonds is 32. The van der Waals surface area contributed by atoms with Crippen molar-refractivity contribution in [3.05, 3.63) is 59.7 Å². The Hall–Kier alpha value is -3.04. The van der Waals surface area contributed by atoms with Crippen molar-refractivity contribution < 1.29 is 0 Å². The molecule has 4 nitrogen and oxygen atoms in total. The van der Waals surface area contributed by atoms with Gasteiger partial charge >= 0.3 is 0 Å². The zero-order valence-corrected chi connectivity index (χ0v) is 52.1. The second-order valence-corrected chi connectivity index (χ2v) is 28.8. The molecule has 76 heavy (non-hydrogen) atoms. The summed E-state index contributed by atoms with van der Waals surface area (Å²) >= 11 is 8.16. The molecule has 2 aromatic heterocycles. The SMILES string of the molecule is CCCCCCCCSc1cc2nc3c4cc(C(C)(C)C)cc5c6nc7cc(SCCCCCCCC)c(SCCCCCCCC)cc7nc6c6c(C(C)(C)C)ccc(c3nc2cc1SCCCCCCCC)c6c45. The summed E-state index contributed by atoms with van der Waals surface area (Å²) in [6, 6.07) is 19.3. The van der Waals surface area contributed by atoms with Crippen LogP contribution in [0.3, 0.4) is 0 Å². The molecule has 0 fully saturated rings. The minimum atomic E-state index is -0.141. The Balaban J connectivity index is 1.31. The van der Waals surface area contributed by atoms with E-state index in [0.717, 1.165) is 72.5 Å². The smallest absolute Gasteiger partial charge is 0.0982 e. The van der Waals surface area contributed by atoms with E-state index in [0.29, 0.717) is 0 Å². The van der Waals surface area contributed by atoms with Crippen molar-refractivity contribution in [2.75, 3.05) is 23.0 Å². The first kappa shape index (κ1) is 59.1. The molecule has 0 radical (unpaired) electrons. The lowest BCUT2D eigenvalue weighted by molar-refractivity contribution is 0.592. The highest BCUT2D eigenvalue weighted by Crippen LogP contribution is 2.49. The monoisotopic (exact) mass is 1090 g/mol. The van der Waals surface area contributed by atoms with Gasteiger partial charge in [0.2, 0.25) is 0 Å². The van der Waals surface area contributed by atoms with E-state index in [1.54, 1.807) is 0 Å². The Kier molecular flexibility index (Phi) is 22.1. The van der Waals surface area contributed by atoms with Crippen LogP contribution in [0.5, 0.6) is 0 Å². The first-order chi connectivity index (χ1) is 36.9. The summed E-state index contributed by atoms with van der Waals surface area (Å²) in [6.45, 7) is 23.4. The number of hydrogen-bond donors (Lipinski definition) is 0. The molecule has 8 aromatic rings. The summed E-state index contributed by atoms with van der Waals surface area (Å²) in [5.41, 5.74) is 10.3. The molecule has 0 N–H and O–H groups in total. The summed E-state index contributed by atoms with van der Waals surface area (Å²) < 4.78 is 0. The lowest BCUT2D eigenvalue weighted by atomic mass is 9.78. The standard InChI is InChI=1S/C68H94N4S4/c1-11-15-19-23-27-31-37-73-56-43-52-53(44-57(56)74-38-32-28-24-20-16-12-2)70-64-49-41-47(67(5,6)7)42-50-60(49)61-48(63(64)69-52)35-36-51(68(8,9)10)62(61)66-65(50)71-54-45-58(75-39-33-29-25-21-17-13-3)59(46-55(54)72-66)76-40-34-30-26-22-18-14-4/h35-36,41-46H,11-34,37-40H2,1-10H3. The Bertz CT molecular complexity index is 3130. The van der Waals surface area contributed by atoms with Gasteiger partial charge in [-0.05, 0) is 107 Å². The second-order valence-electron chi connectivity index (χ2n) is 24.2. The van der Waals surface area contributed by atoms with Gasteiger partial charge in [-0.15, -0.1) is 47.0 Å². The molecular weight excluding hydrogens is 1000 g/mol. The average Bonchev–Trinajstić information content (AvgIpc) is 3.59. The van der Waals surface area contributed by atoms with Gasteiger partial charge in [-0.3, -0.25) is 0 Å². The van der Waals surface area contributed by atoms with Crippen LogP contribution in [0.2, 0.25) is 0 Å². The predicted molar refractivity (Wildman–Crippen MR) is 345 cm³/mol. The highest BCUT2D eigenvalue weighted by Gasteiger charge is 2.29. The van der Waals surface area contributed by atoms with E-state index in [9.17, 15) is 0 Å². The van der Waals surface area contributed by atoms with Gasteiger partial charge in [0.15, 0.2) is 0 Å². The molecule has 0 aliphatic rings. The fraction of sp³-hybridized carbons (Fsp3) is 0.588. The molecule has 2 heterocycles. The Morgan fingerprint density at radius 2 is 0.632 bits per heavy atom. The van der Waals surface area contributed by atoms with Gasteiger partial charge in [-0.25, -0.2) is 19.9 Å². The van der Waals surface area contributed by atoms with Crippen LogP contribution in [0.1, 0.15) is 234 Å². The van der Waals surface area contributed by atoms with Crippen molar-refractivity contribution in [1.82, 2.24) is 19.9 Å². The van der Waals surface area contributed by atoms with Crippen LogP contribution < -0.4 is 0 Å². The zero-order valence-electron chi connectivity index (χ0n) is 48.8. The molecule has 6 aromatic carbocycles. The molecule has 0 unspecified atom stereocenters.